The minimum absolute atomic E-state index is 0.0390. The molecule has 4 heterocycles. The molecule has 9 nitrogen and oxygen atoms in total. The number of fused-ring (bicyclic) bond motifs is 2. The Balaban J connectivity index is 1.21. The minimum atomic E-state index is -1.03. The first-order valence-electron chi connectivity index (χ1n) is 15.9. The maximum Gasteiger partial charge on any atom is 0.318 e. The normalized spacial score (nSPS) is 20.6. The molecular formula is C34H36ClF2N7O2. The van der Waals surface area contributed by atoms with Gasteiger partial charge in [0.25, 0.3) is 5.91 Å². The topological polar surface area (TPSA) is 69.4 Å². The molecule has 1 saturated carbocycles. The lowest BCUT2D eigenvalue weighted by atomic mass is 10.0. The smallest absolute Gasteiger partial charge is 0.318 e. The van der Waals surface area contributed by atoms with E-state index in [0.717, 1.165) is 60.6 Å². The van der Waals surface area contributed by atoms with Gasteiger partial charge >= 0.3 is 6.01 Å². The van der Waals surface area contributed by atoms with Gasteiger partial charge in [0.1, 0.15) is 17.7 Å². The monoisotopic (exact) mass is 647 g/mol. The first-order valence-corrected chi connectivity index (χ1v) is 16.2. The maximum atomic E-state index is 14.6. The van der Waals surface area contributed by atoms with Crippen molar-refractivity contribution in [2.75, 3.05) is 68.8 Å². The van der Waals surface area contributed by atoms with Gasteiger partial charge < -0.3 is 29.2 Å². The van der Waals surface area contributed by atoms with Gasteiger partial charge in [-0.25, -0.2) is 15.4 Å². The van der Waals surface area contributed by atoms with Gasteiger partial charge in [-0.3, -0.25) is 4.79 Å². The van der Waals surface area contributed by atoms with Gasteiger partial charge in [0.05, 0.1) is 23.9 Å². The number of hydrogen-bond donors (Lipinski definition) is 0. The number of ether oxygens (including phenoxy) is 1. The number of amides is 1. The second-order valence-corrected chi connectivity index (χ2v) is 13.3. The molecule has 2 saturated heterocycles. The van der Waals surface area contributed by atoms with Crippen LogP contribution in [0.4, 0.5) is 20.3 Å². The summed E-state index contributed by atoms with van der Waals surface area (Å²) in [7, 11) is 0. The van der Waals surface area contributed by atoms with Crippen molar-refractivity contribution in [1.29, 1.82) is 0 Å². The Morgan fingerprint density at radius 2 is 1.96 bits per heavy atom. The van der Waals surface area contributed by atoms with Gasteiger partial charge in [-0.15, -0.1) is 0 Å². The molecule has 46 heavy (non-hydrogen) atoms. The summed E-state index contributed by atoms with van der Waals surface area (Å²) >= 11 is 6.50. The average molecular weight is 648 g/mol. The molecule has 0 spiro atoms. The summed E-state index contributed by atoms with van der Waals surface area (Å²) in [4.78, 5) is 34.1. The van der Waals surface area contributed by atoms with Crippen LogP contribution in [0, 0.1) is 17.8 Å². The van der Waals surface area contributed by atoms with Crippen LogP contribution in [0.3, 0.4) is 0 Å². The molecule has 3 aromatic rings. The third-order valence-electron chi connectivity index (χ3n) is 9.83. The molecule has 1 aromatic heterocycles. The molecule has 7 rings (SSSR count). The Morgan fingerprint density at radius 3 is 2.67 bits per heavy atom. The summed E-state index contributed by atoms with van der Waals surface area (Å²) in [6.45, 7) is 16.6. The third kappa shape index (κ3) is 5.84. The fourth-order valence-corrected chi connectivity index (χ4v) is 7.23. The summed E-state index contributed by atoms with van der Waals surface area (Å²) < 4.78 is 34.8. The van der Waals surface area contributed by atoms with E-state index < -0.39 is 23.6 Å². The zero-order valence-corrected chi connectivity index (χ0v) is 26.4. The van der Waals surface area contributed by atoms with Crippen molar-refractivity contribution >= 4 is 39.8 Å². The molecule has 0 radical (unpaired) electrons. The molecule has 0 N–H and O–H groups in total. The zero-order valence-electron chi connectivity index (χ0n) is 25.7. The van der Waals surface area contributed by atoms with E-state index in [1.54, 1.807) is 6.07 Å². The Bertz CT molecular complexity index is 1740. The number of benzene rings is 2. The minimum Gasteiger partial charge on any atom is -0.463 e. The highest BCUT2D eigenvalue weighted by molar-refractivity contribution is 6.36. The standard InChI is InChI=1S/C34H36ClF2N7O2/c1-22(36)32(45)44-16-15-43(18-24(44)17-38-2)31-25-9-14-42(28-6-3-5-23-7-8-26(37)30(35)29(23)28)19-27(25)39-33(40-31)46-21-34(10-11-34)20-41-12-4-13-41/h3,5-8,24H,1,4,9-21H2/t24-/m0/s1. The number of rotatable bonds is 9. The van der Waals surface area contributed by atoms with Crippen LogP contribution in [0.1, 0.15) is 30.5 Å². The van der Waals surface area contributed by atoms with Crippen molar-refractivity contribution in [3.05, 3.63) is 76.3 Å². The van der Waals surface area contributed by atoms with Crippen molar-refractivity contribution in [2.45, 2.75) is 38.3 Å². The Kier molecular flexibility index (Phi) is 8.19. The van der Waals surface area contributed by atoms with E-state index in [1.807, 2.05) is 18.2 Å². The molecule has 3 fully saturated rings. The van der Waals surface area contributed by atoms with Crippen LogP contribution >= 0.6 is 11.6 Å². The van der Waals surface area contributed by atoms with Crippen molar-refractivity contribution in [2.24, 2.45) is 5.41 Å². The number of piperazine rings is 1. The number of carbonyl (C=O) groups excluding carboxylic acids is 1. The summed E-state index contributed by atoms with van der Waals surface area (Å²) in [5.74, 6) is -1.55. The van der Waals surface area contributed by atoms with E-state index in [2.05, 4.69) is 26.1 Å². The van der Waals surface area contributed by atoms with Crippen LogP contribution in [0.5, 0.6) is 6.01 Å². The van der Waals surface area contributed by atoms with Gasteiger partial charge in [-0.1, -0.05) is 36.4 Å². The first kappa shape index (κ1) is 30.6. The summed E-state index contributed by atoms with van der Waals surface area (Å²) in [6.07, 6.45) is 4.08. The molecule has 0 bridgehead atoms. The van der Waals surface area contributed by atoms with Gasteiger partial charge in [0.15, 0.2) is 5.83 Å². The second kappa shape index (κ2) is 12.3. The number of hydrogen-bond acceptors (Lipinski definition) is 7. The van der Waals surface area contributed by atoms with E-state index in [9.17, 15) is 13.6 Å². The average Bonchev–Trinajstić information content (AvgIpc) is 3.82. The van der Waals surface area contributed by atoms with Crippen molar-refractivity contribution in [3.8, 4) is 6.01 Å². The van der Waals surface area contributed by atoms with Gasteiger partial charge in [-0.2, -0.15) is 9.97 Å². The number of aromatic nitrogens is 2. The van der Waals surface area contributed by atoms with Gasteiger partial charge in [0.2, 0.25) is 6.54 Å². The van der Waals surface area contributed by atoms with Crippen LogP contribution in [0.25, 0.3) is 15.6 Å². The molecule has 1 amide bonds. The third-order valence-corrected chi connectivity index (χ3v) is 10.2. The van der Waals surface area contributed by atoms with Crippen LogP contribution in [0.15, 0.2) is 42.7 Å². The lowest BCUT2D eigenvalue weighted by Gasteiger charge is -2.41. The lowest BCUT2D eigenvalue weighted by Crippen LogP contribution is -2.57. The fraction of sp³-hybridized carbons (Fsp3) is 0.471. The fourth-order valence-electron chi connectivity index (χ4n) is 6.96. The molecule has 12 heteroatoms. The Hall–Kier alpha value is -4.01. The van der Waals surface area contributed by atoms with Crippen molar-refractivity contribution in [3.63, 3.8) is 0 Å². The maximum absolute atomic E-state index is 14.6. The molecule has 1 aliphatic carbocycles. The summed E-state index contributed by atoms with van der Waals surface area (Å²) in [5, 5.41) is 1.61. The highest BCUT2D eigenvalue weighted by Gasteiger charge is 2.46. The number of nitrogens with zero attached hydrogens (tertiary/aromatic N) is 7. The predicted molar refractivity (Wildman–Crippen MR) is 173 cm³/mol. The molecule has 240 valence electrons. The summed E-state index contributed by atoms with van der Waals surface area (Å²) in [6, 6.07) is 8.72. The highest BCUT2D eigenvalue weighted by Crippen LogP contribution is 2.47. The van der Waals surface area contributed by atoms with Crippen LogP contribution in [-0.2, 0) is 17.8 Å². The van der Waals surface area contributed by atoms with Crippen LogP contribution in [-0.4, -0.2) is 90.7 Å². The Morgan fingerprint density at radius 1 is 1.13 bits per heavy atom. The second-order valence-electron chi connectivity index (χ2n) is 12.9. The van der Waals surface area contributed by atoms with Crippen molar-refractivity contribution in [1.82, 2.24) is 19.8 Å². The highest BCUT2D eigenvalue weighted by atomic mass is 35.5. The summed E-state index contributed by atoms with van der Waals surface area (Å²) in [5.41, 5.74) is 2.73. The molecule has 2 aromatic carbocycles. The predicted octanol–water partition coefficient (Wildman–Crippen LogP) is 5.27. The van der Waals surface area contributed by atoms with Crippen LogP contribution < -0.4 is 14.5 Å². The number of carbonyl (C=O) groups is 1. The number of anilines is 2. The Labute approximate surface area is 272 Å². The largest absolute Gasteiger partial charge is 0.463 e. The molecule has 4 aliphatic rings. The zero-order chi connectivity index (χ0) is 32.0. The van der Waals surface area contributed by atoms with E-state index in [4.69, 9.17) is 32.9 Å². The molecular weight excluding hydrogens is 612 g/mol. The van der Waals surface area contributed by atoms with E-state index in [1.165, 1.54) is 17.4 Å². The van der Waals surface area contributed by atoms with Gasteiger partial charge in [-0.05, 0) is 56.3 Å². The van der Waals surface area contributed by atoms with E-state index in [0.29, 0.717) is 50.6 Å². The van der Waals surface area contributed by atoms with Crippen LogP contribution in [0.2, 0.25) is 5.02 Å². The van der Waals surface area contributed by atoms with E-state index in [-0.39, 0.29) is 23.5 Å². The molecule has 3 aliphatic heterocycles. The van der Waals surface area contributed by atoms with Gasteiger partial charge in [0, 0.05) is 54.8 Å². The first-order chi connectivity index (χ1) is 22.2. The number of halogens is 3. The quantitative estimate of drug-likeness (QED) is 0.232. The molecule has 0 unspecified atom stereocenters. The van der Waals surface area contributed by atoms with Crippen molar-refractivity contribution < 1.29 is 18.3 Å². The van der Waals surface area contributed by atoms with E-state index >= 15 is 0 Å². The molecule has 1 atom stereocenters. The SMILES string of the molecule is [C-]#[N+]C[C@H]1CN(c2nc(OCC3(CN4CCC4)CC3)nc3c2CCN(c2cccc4ccc(F)c(Cl)c24)C3)CCN1C(=O)C(=C)F. The number of likely N-dealkylation sites (tertiary alicyclic amines) is 1. The lowest BCUT2D eigenvalue weighted by molar-refractivity contribution is -0.131.